The van der Waals surface area contributed by atoms with Gasteiger partial charge in [0, 0.05) is 18.2 Å². The van der Waals surface area contributed by atoms with E-state index in [4.69, 9.17) is 9.84 Å². The minimum Gasteiger partial charge on any atom is -0.449 e. The van der Waals surface area contributed by atoms with E-state index in [0.29, 0.717) is 6.42 Å². The van der Waals surface area contributed by atoms with E-state index in [1.807, 2.05) is 24.3 Å². The van der Waals surface area contributed by atoms with E-state index < -0.39 is 6.16 Å². The summed E-state index contributed by atoms with van der Waals surface area (Å²) in [6, 6.07) is 22.2. The number of pyridine rings is 1. The number of benzene rings is 2. The normalized spacial score (nSPS) is 10.3. The van der Waals surface area contributed by atoms with Gasteiger partial charge < -0.3 is 9.84 Å². The van der Waals surface area contributed by atoms with Crippen molar-refractivity contribution >= 4 is 6.16 Å². The first-order valence-corrected chi connectivity index (χ1v) is 7.67. The summed E-state index contributed by atoms with van der Waals surface area (Å²) in [6.45, 7) is 0. The molecule has 0 fully saturated rings. The lowest BCUT2D eigenvalue weighted by molar-refractivity contribution is 0.142. The van der Waals surface area contributed by atoms with Gasteiger partial charge in [-0.1, -0.05) is 60.7 Å². The summed E-state index contributed by atoms with van der Waals surface area (Å²) in [4.78, 5) is 14.7. The zero-order valence-electron chi connectivity index (χ0n) is 13.1. The van der Waals surface area contributed by atoms with Gasteiger partial charge in [-0.3, -0.25) is 0 Å². The average molecular weight is 319 g/mol. The smallest absolute Gasteiger partial charge is 0.449 e. The number of hydrogen-bond acceptors (Lipinski definition) is 3. The molecule has 0 unspecified atom stereocenters. The molecule has 0 saturated carbocycles. The van der Waals surface area contributed by atoms with Crippen LogP contribution in [0.5, 0.6) is 5.88 Å². The predicted molar refractivity (Wildman–Crippen MR) is 91.4 cm³/mol. The van der Waals surface area contributed by atoms with Crippen LogP contribution in [0.3, 0.4) is 0 Å². The van der Waals surface area contributed by atoms with Crippen molar-refractivity contribution < 1.29 is 14.6 Å². The first-order valence-electron chi connectivity index (χ1n) is 7.67. The fourth-order valence-corrected chi connectivity index (χ4v) is 2.56. The van der Waals surface area contributed by atoms with Crippen LogP contribution in [-0.2, 0) is 12.8 Å². The molecule has 0 atom stereocenters. The first-order chi connectivity index (χ1) is 11.7. The molecule has 0 radical (unpaired) electrons. The lowest BCUT2D eigenvalue weighted by atomic mass is 10.0. The Bertz CT molecular complexity index is 814. The fourth-order valence-electron chi connectivity index (χ4n) is 2.56. The van der Waals surface area contributed by atoms with Gasteiger partial charge >= 0.3 is 6.16 Å². The molecule has 0 aliphatic heterocycles. The fraction of sp³-hybridized carbons (Fsp3) is 0.100. The molecule has 0 amide bonds. The predicted octanol–water partition coefficient (Wildman–Crippen LogP) is 4.32. The Labute approximate surface area is 140 Å². The highest BCUT2D eigenvalue weighted by atomic mass is 16.7. The number of rotatable bonds is 5. The van der Waals surface area contributed by atoms with Crippen LogP contribution in [0.15, 0.2) is 72.9 Å². The van der Waals surface area contributed by atoms with E-state index in [0.717, 1.165) is 17.5 Å². The SMILES string of the molecule is O=C(O)Oc1ncccc1Cc1ccc(Cc2ccccc2)cc1. The van der Waals surface area contributed by atoms with Gasteiger partial charge in [0.2, 0.25) is 5.88 Å². The Balaban J connectivity index is 1.72. The van der Waals surface area contributed by atoms with E-state index in [-0.39, 0.29) is 5.88 Å². The van der Waals surface area contributed by atoms with Gasteiger partial charge in [-0.25, -0.2) is 9.78 Å². The Hall–Kier alpha value is -3.14. The third kappa shape index (κ3) is 4.20. The Morgan fingerprint density at radius 2 is 1.46 bits per heavy atom. The van der Waals surface area contributed by atoms with Gasteiger partial charge in [-0.05, 0) is 29.2 Å². The highest BCUT2D eigenvalue weighted by molar-refractivity contribution is 5.61. The number of nitrogens with zero attached hydrogens (tertiary/aromatic N) is 1. The molecule has 0 bridgehead atoms. The lowest BCUT2D eigenvalue weighted by Crippen LogP contribution is -2.07. The maximum absolute atomic E-state index is 10.7. The Morgan fingerprint density at radius 3 is 2.12 bits per heavy atom. The third-order valence-corrected chi connectivity index (χ3v) is 3.70. The van der Waals surface area contributed by atoms with E-state index in [2.05, 4.69) is 41.4 Å². The number of aromatic nitrogens is 1. The number of ether oxygens (including phenoxy) is 1. The molecule has 120 valence electrons. The third-order valence-electron chi connectivity index (χ3n) is 3.70. The maximum Gasteiger partial charge on any atom is 0.512 e. The number of carboxylic acid groups (broad SMARTS) is 1. The first kappa shape index (κ1) is 15.7. The van der Waals surface area contributed by atoms with E-state index >= 15 is 0 Å². The van der Waals surface area contributed by atoms with Crippen LogP contribution in [0, 0.1) is 0 Å². The molecule has 0 aliphatic carbocycles. The van der Waals surface area contributed by atoms with Crippen LogP contribution in [0.4, 0.5) is 4.79 Å². The molecule has 3 rings (SSSR count). The summed E-state index contributed by atoms with van der Waals surface area (Å²) in [7, 11) is 0. The molecular formula is C20H17NO3. The topological polar surface area (TPSA) is 59.4 Å². The van der Waals surface area contributed by atoms with Gasteiger partial charge in [0.05, 0.1) is 0 Å². The standard InChI is InChI=1S/C20H17NO3/c22-20(23)24-19-18(7-4-12-21-19)14-17-10-8-16(9-11-17)13-15-5-2-1-3-6-15/h1-12H,13-14H2,(H,22,23). The second kappa shape index (κ2) is 7.42. The summed E-state index contributed by atoms with van der Waals surface area (Å²) in [5.74, 6) is 0.137. The Morgan fingerprint density at radius 1 is 0.833 bits per heavy atom. The second-order valence-electron chi connectivity index (χ2n) is 5.49. The summed E-state index contributed by atoms with van der Waals surface area (Å²) < 4.78 is 4.73. The molecule has 1 aromatic heterocycles. The summed E-state index contributed by atoms with van der Waals surface area (Å²) in [6.07, 6.45) is 1.63. The molecule has 0 spiro atoms. The van der Waals surface area contributed by atoms with Crippen LogP contribution in [-0.4, -0.2) is 16.2 Å². The van der Waals surface area contributed by atoms with Crippen molar-refractivity contribution in [3.8, 4) is 5.88 Å². The van der Waals surface area contributed by atoms with Gasteiger partial charge in [-0.2, -0.15) is 0 Å². The monoisotopic (exact) mass is 319 g/mol. The van der Waals surface area contributed by atoms with E-state index in [1.54, 1.807) is 6.07 Å². The van der Waals surface area contributed by atoms with Crippen LogP contribution in [0.1, 0.15) is 22.3 Å². The Kier molecular flexibility index (Phi) is 4.87. The van der Waals surface area contributed by atoms with Gasteiger partial charge in [0.25, 0.3) is 0 Å². The van der Waals surface area contributed by atoms with Crippen molar-refractivity contribution in [3.63, 3.8) is 0 Å². The van der Waals surface area contributed by atoms with Crippen molar-refractivity contribution in [2.24, 2.45) is 0 Å². The van der Waals surface area contributed by atoms with E-state index in [1.165, 1.54) is 17.3 Å². The second-order valence-corrected chi connectivity index (χ2v) is 5.49. The maximum atomic E-state index is 10.7. The zero-order chi connectivity index (χ0) is 16.8. The molecule has 4 heteroatoms. The van der Waals surface area contributed by atoms with Crippen molar-refractivity contribution in [3.05, 3.63) is 95.2 Å². The minimum atomic E-state index is -1.35. The van der Waals surface area contributed by atoms with Crippen molar-refractivity contribution in [1.82, 2.24) is 4.98 Å². The van der Waals surface area contributed by atoms with Crippen LogP contribution < -0.4 is 4.74 Å². The van der Waals surface area contributed by atoms with Crippen LogP contribution in [0.2, 0.25) is 0 Å². The molecule has 3 aromatic rings. The van der Waals surface area contributed by atoms with Crippen molar-refractivity contribution in [2.45, 2.75) is 12.8 Å². The highest BCUT2D eigenvalue weighted by Gasteiger charge is 2.09. The molecular weight excluding hydrogens is 302 g/mol. The molecule has 2 aromatic carbocycles. The molecule has 1 heterocycles. The van der Waals surface area contributed by atoms with Gasteiger partial charge in [-0.15, -0.1) is 0 Å². The highest BCUT2D eigenvalue weighted by Crippen LogP contribution is 2.20. The molecule has 0 saturated heterocycles. The molecule has 4 nitrogen and oxygen atoms in total. The number of carbonyl (C=O) groups is 1. The van der Waals surface area contributed by atoms with Crippen molar-refractivity contribution in [1.29, 1.82) is 0 Å². The molecule has 1 N–H and O–H groups in total. The lowest BCUT2D eigenvalue weighted by Gasteiger charge is -2.08. The minimum absolute atomic E-state index is 0.137. The average Bonchev–Trinajstić information content (AvgIpc) is 2.59. The van der Waals surface area contributed by atoms with Crippen LogP contribution >= 0.6 is 0 Å². The molecule has 24 heavy (non-hydrogen) atoms. The summed E-state index contributed by atoms with van der Waals surface area (Å²) >= 11 is 0. The van der Waals surface area contributed by atoms with Gasteiger partial charge in [0.1, 0.15) is 0 Å². The summed E-state index contributed by atoms with van der Waals surface area (Å²) in [5, 5.41) is 8.77. The zero-order valence-corrected chi connectivity index (χ0v) is 13.1. The van der Waals surface area contributed by atoms with Crippen LogP contribution in [0.25, 0.3) is 0 Å². The largest absolute Gasteiger partial charge is 0.512 e. The molecule has 0 aliphatic rings. The van der Waals surface area contributed by atoms with E-state index in [9.17, 15) is 4.79 Å². The van der Waals surface area contributed by atoms with Gasteiger partial charge in [0.15, 0.2) is 0 Å². The van der Waals surface area contributed by atoms with Crippen molar-refractivity contribution in [2.75, 3.05) is 0 Å². The quantitative estimate of drug-likeness (QED) is 0.712. The number of hydrogen-bond donors (Lipinski definition) is 1. The summed E-state index contributed by atoms with van der Waals surface area (Å²) in [5.41, 5.74) is 4.33.